The van der Waals surface area contributed by atoms with Gasteiger partial charge in [-0.05, 0) is 25.2 Å². The van der Waals surface area contributed by atoms with Gasteiger partial charge in [0.1, 0.15) is 0 Å². The summed E-state index contributed by atoms with van der Waals surface area (Å²) in [6, 6.07) is 4.87. The lowest BCUT2D eigenvalue weighted by Crippen LogP contribution is -2.33. The second-order valence-electron chi connectivity index (χ2n) is 3.40. The van der Waals surface area contributed by atoms with Gasteiger partial charge < -0.3 is 5.32 Å². The van der Waals surface area contributed by atoms with Crippen molar-refractivity contribution in [1.82, 2.24) is 10.0 Å². The Morgan fingerprint density at radius 2 is 2.11 bits per heavy atom. The fourth-order valence-electron chi connectivity index (χ4n) is 1.17. The number of benzene rings is 1. The molecule has 0 aliphatic carbocycles. The number of carbonyl (C=O) groups is 1. The lowest BCUT2D eigenvalue weighted by atomic mass is 10.2. The lowest BCUT2D eigenvalue weighted by molar-refractivity contribution is 0.0956. The van der Waals surface area contributed by atoms with Crippen LogP contribution in [-0.4, -0.2) is 33.7 Å². The lowest BCUT2D eigenvalue weighted by Gasteiger charge is -2.07. The van der Waals surface area contributed by atoms with Gasteiger partial charge in [0, 0.05) is 11.0 Å². The predicted octanol–water partition coefficient (Wildman–Crippen LogP) is 1.38. The van der Waals surface area contributed by atoms with Crippen LogP contribution in [0.5, 0.6) is 0 Å². The molecule has 1 aromatic rings. The highest BCUT2D eigenvalue weighted by molar-refractivity contribution is 9.10. The molecule has 0 atom stereocenters. The fraction of sp³-hybridized carbons (Fsp3) is 0.300. The average Bonchev–Trinajstić information content (AvgIpc) is 2.32. The number of hydrogen-bond acceptors (Lipinski definition) is 3. The van der Waals surface area contributed by atoms with Crippen LogP contribution in [0.2, 0.25) is 5.02 Å². The Labute approximate surface area is 119 Å². The van der Waals surface area contributed by atoms with E-state index in [1.807, 2.05) is 0 Å². The van der Waals surface area contributed by atoms with Crippen LogP contribution in [-0.2, 0) is 10.0 Å². The minimum absolute atomic E-state index is 0.0187. The van der Waals surface area contributed by atoms with E-state index in [1.54, 1.807) is 18.2 Å². The van der Waals surface area contributed by atoms with Crippen LogP contribution in [0.4, 0.5) is 0 Å². The van der Waals surface area contributed by atoms with E-state index >= 15 is 0 Å². The predicted molar refractivity (Wildman–Crippen MR) is 74.3 cm³/mol. The molecule has 1 amide bonds. The number of carbonyl (C=O) groups excluding carboxylic acids is 1. The van der Waals surface area contributed by atoms with Gasteiger partial charge in [-0.2, -0.15) is 0 Å². The van der Waals surface area contributed by atoms with Crippen molar-refractivity contribution in [3.63, 3.8) is 0 Å². The van der Waals surface area contributed by atoms with Gasteiger partial charge >= 0.3 is 0 Å². The Kier molecular flexibility index (Phi) is 5.58. The molecule has 5 nitrogen and oxygen atoms in total. The average molecular weight is 356 g/mol. The molecule has 1 rings (SSSR count). The summed E-state index contributed by atoms with van der Waals surface area (Å²) in [5.74, 6) is -0.589. The summed E-state index contributed by atoms with van der Waals surface area (Å²) in [6.07, 6.45) is 0. The molecule has 0 heterocycles. The summed E-state index contributed by atoms with van der Waals surface area (Å²) in [7, 11) is -2.00. The number of sulfonamides is 1. The normalized spacial score (nSPS) is 11.3. The summed E-state index contributed by atoms with van der Waals surface area (Å²) in [4.78, 5) is 11.8. The first-order valence-corrected chi connectivity index (χ1v) is 7.82. The maximum Gasteiger partial charge on any atom is 0.252 e. The van der Waals surface area contributed by atoms with Gasteiger partial charge in [0.15, 0.2) is 0 Å². The van der Waals surface area contributed by atoms with E-state index in [-0.39, 0.29) is 12.3 Å². The zero-order chi connectivity index (χ0) is 13.8. The first kappa shape index (κ1) is 15.4. The van der Waals surface area contributed by atoms with Gasteiger partial charge in [-0.25, -0.2) is 13.1 Å². The molecule has 8 heteroatoms. The molecule has 0 saturated heterocycles. The van der Waals surface area contributed by atoms with E-state index in [4.69, 9.17) is 11.6 Å². The Hall–Kier alpha value is -0.630. The summed E-state index contributed by atoms with van der Waals surface area (Å²) < 4.78 is 25.2. The van der Waals surface area contributed by atoms with E-state index in [1.165, 1.54) is 7.05 Å². The number of amides is 1. The van der Waals surface area contributed by atoms with Crippen LogP contribution in [0.25, 0.3) is 0 Å². The monoisotopic (exact) mass is 354 g/mol. The van der Waals surface area contributed by atoms with E-state index < -0.39 is 15.9 Å². The van der Waals surface area contributed by atoms with Crippen LogP contribution >= 0.6 is 27.5 Å². The van der Waals surface area contributed by atoms with Crippen molar-refractivity contribution in [3.05, 3.63) is 33.3 Å². The van der Waals surface area contributed by atoms with Gasteiger partial charge in [0.05, 0.1) is 16.3 Å². The molecule has 0 fully saturated rings. The Morgan fingerprint density at radius 3 is 2.72 bits per heavy atom. The zero-order valence-electron chi connectivity index (χ0n) is 9.54. The number of hydrogen-bond donors (Lipinski definition) is 2. The molecule has 0 aliphatic rings. The summed E-state index contributed by atoms with van der Waals surface area (Å²) in [6.45, 7) is 0.0187. The molecule has 0 spiro atoms. The number of nitrogens with one attached hydrogen (secondary N) is 2. The van der Waals surface area contributed by atoms with Gasteiger partial charge in [-0.3, -0.25) is 4.79 Å². The van der Waals surface area contributed by atoms with Crippen molar-refractivity contribution in [2.24, 2.45) is 0 Å². The molecule has 0 aromatic heterocycles. The zero-order valence-corrected chi connectivity index (χ0v) is 12.7. The smallest absolute Gasteiger partial charge is 0.252 e. The van der Waals surface area contributed by atoms with Crippen LogP contribution in [0.3, 0.4) is 0 Å². The molecule has 100 valence electrons. The van der Waals surface area contributed by atoms with E-state index in [2.05, 4.69) is 26.0 Å². The van der Waals surface area contributed by atoms with Crippen LogP contribution in [0, 0.1) is 0 Å². The fourth-order valence-corrected chi connectivity index (χ4v) is 2.31. The van der Waals surface area contributed by atoms with Crippen molar-refractivity contribution < 1.29 is 13.2 Å². The van der Waals surface area contributed by atoms with E-state index in [0.717, 1.165) is 4.47 Å². The third-order valence-electron chi connectivity index (χ3n) is 2.14. The highest BCUT2D eigenvalue weighted by atomic mass is 79.9. The minimum Gasteiger partial charge on any atom is -0.351 e. The molecule has 1 aromatic carbocycles. The third-order valence-corrected chi connectivity index (χ3v) is 4.33. The topological polar surface area (TPSA) is 75.3 Å². The summed E-state index contributed by atoms with van der Waals surface area (Å²) in [5.41, 5.74) is 0.299. The van der Waals surface area contributed by atoms with E-state index in [9.17, 15) is 13.2 Å². The molecule has 0 bridgehead atoms. The quantitative estimate of drug-likeness (QED) is 0.838. The second kappa shape index (κ2) is 6.51. The van der Waals surface area contributed by atoms with E-state index in [0.29, 0.717) is 10.6 Å². The maximum absolute atomic E-state index is 11.8. The second-order valence-corrected chi connectivity index (χ2v) is 6.77. The van der Waals surface area contributed by atoms with Gasteiger partial charge in [-0.15, -0.1) is 0 Å². The van der Waals surface area contributed by atoms with Crippen molar-refractivity contribution in [1.29, 1.82) is 0 Å². The molecule has 2 N–H and O–H groups in total. The molecule has 0 radical (unpaired) electrons. The van der Waals surface area contributed by atoms with Crippen LogP contribution in [0.15, 0.2) is 22.7 Å². The van der Waals surface area contributed by atoms with Gasteiger partial charge in [-0.1, -0.05) is 27.5 Å². The minimum atomic E-state index is -3.32. The Balaban J connectivity index is 2.64. The molecule has 0 saturated carbocycles. The van der Waals surface area contributed by atoms with Crippen molar-refractivity contribution in [2.75, 3.05) is 19.3 Å². The number of halogens is 2. The first-order chi connectivity index (χ1) is 8.35. The summed E-state index contributed by atoms with van der Waals surface area (Å²) in [5, 5.41) is 2.81. The highest BCUT2D eigenvalue weighted by Crippen LogP contribution is 2.20. The van der Waals surface area contributed by atoms with Gasteiger partial charge in [0.25, 0.3) is 5.91 Å². The molecule has 0 unspecified atom stereocenters. The Morgan fingerprint density at radius 1 is 1.44 bits per heavy atom. The molecular weight excluding hydrogens is 344 g/mol. The Bertz CT molecular complexity index is 548. The standard InChI is InChI=1S/C10H12BrClN2O3S/c1-13-18(16,17)5-4-14-10(15)8-6-7(11)2-3-9(8)12/h2-3,6,13H,4-5H2,1H3,(H,14,15). The van der Waals surface area contributed by atoms with Crippen molar-refractivity contribution in [3.8, 4) is 0 Å². The number of rotatable bonds is 5. The molecule has 0 aliphatic heterocycles. The SMILES string of the molecule is CNS(=O)(=O)CCNC(=O)c1cc(Br)ccc1Cl. The molecular formula is C10H12BrClN2O3S. The summed E-state index contributed by atoms with van der Waals surface area (Å²) >= 11 is 9.11. The maximum atomic E-state index is 11.8. The van der Waals surface area contributed by atoms with Crippen molar-refractivity contribution in [2.45, 2.75) is 0 Å². The van der Waals surface area contributed by atoms with Crippen molar-refractivity contribution >= 4 is 43.5 Å². The largest absolute Gasteiger partial charge is 0.351 e. The van der Waals surface area contributed by atoms with Gasteiger partial charge in [0.2, 0.25) is 10.0 Å². The highest BCUT2D eigenvalue weighted by Gasteiger charge is 2.12. The third kappa shape index (κ3) is 4.56. The van der Waals surface area contributed by atoms with Crippen LogP contribution in [0.1, 0.15) is 10.4 Å². The molecule has 18 heavy (non-hydrogen) atoms. The van der Waals surface area contributed by atoms with Crippen LogP contribution < -0.4 is 10.0 Å². The first-order valence-electron chi connectivity index (χ1n) is 5.00.